The van der Waals surface area contributed by atoms with Crippen LogP contribution < -0.4 is 11.1 Å². The summed E-state index contributed by atoms with van der Waals surface area (Å²) in [7, 11) is 0. The fourth-order valence-electron chi connectivity index (χ4n) is 6.82. The highest BCUT2D eigenvalue weighted by Gasteiger charge is 2.29. The van der Waals surface area contributed by atoms with Gasteiger partial charge in [-0.05, 0) is 119 Å². The average Bonchev–Trinajstić information content (AvgIpc) is 3.92. The first-order valence-electron chi connectivity index (χ1n) is 18.7. The molecule has 0 saturated heterocycles. The molecule has 0 fully saturated rings. The highest BCUT2D eigenvalue weighted by molar-refractivity contribution is 7.23. The fraction of sp³-hybridized carbons (Fsp3) is 0.381. The Balaban J connectivity index is 0.000000168. The Kier molecular flexibility index (Phi) is 14.1. The number of rotatable bonds is 8. The number of nitrogens with two attached hydrogens (primary N) is 1. The van der Waals surface area contributed by atoms with Crippen LogP contribution in [0.3, 0.4) is 0 Å². The van der Waals surface area contributed by atoms with E-state index in [4.69, 9.17) is 38.9 Å². The number of aryl methyl sites for hydroxylation is 2. The van der Waals surface area contributed by atoms with Crippen molar-refractivity contribution in [3.63, 3.8) is 0 Å². The Hall–Kier alpha value is -3.20. The van der Waals surface area contributed by atoms with Crippen LogP contribution in [0.5, 0.6) is 0 Å². The Morgan fingerprint density at radius 3 is 1.80 bits per heavy atom. The van der Waals surface area contributed by atoms with Crippen molar-refractivity contribution in [1.29, 1.82) is 0 Å². The topological polar surface area (TPSA) is 104 Å². The van der Waals surface area contributed by atoms with Gasteiger partial charge in [0.2, 0.25) is 11.1 Å². The second kappa shape index (κ2) is 18.6. The molecular formula is C42H48Cl2N6O2S4. The number of halogens is 2. The SMILES string of the molecule is C=CC(=O)Nc1sc2c(c1-c1nc3cc(C)ccc3s1)CCN(C(C)C)C2.Cc1ccc2sc(-c3c(N)sc4c3CCN(C(C)C)C4)nc2c1.O=C(Cl)CCCl. The lowest BCUT2D eigenvalue weighted by atomic mass is 10.0. The monoisotopic (exact) mass is 866 g/mol. The van der Waals surface area contributed by atoms with E-state index in [2.05, 4.69) is 99.6 Å². The van der Waals surface area contributed by atoms with E-state index in [0.717, 1.165) is 75.6 Å². The first-order valence-corrected chi connectivity index (χ1v) is 22.9. The molecule has 0 aliphatic carbocycles. The summed E-state index contributed by atoms with van der Waals surface area (Å²) in [4.78, 5) is 39.3. The van der Waals surface area contributed by atoms with Gasteiger partial charge in [-0.15, -0.1) is 56.9 Å². The van der Waals surface area contributed by atoms with Gasteiger partial charge in [0.1, 0.15) is 15.0 Å². The maximum atomic E-state index is 12.0. The molecule has 0 atom stereocenters. The molecule has 0 saturated carbocycles. The molecule has 2 aliphatic heterocycles. The zero-order valence-corrected chi connectivity index (χ0v) is 37.4. The largest absolute Gasteiger partial charge is 0.390 e. The number of nitrogen functional groups attached to an aromatic ring is 1. The van der Waals surface area contributed by atoms with Gasteiger partial charge < -0.3 is 11.1 Å². The van der Waals surface area contributed by atoms with Crippen LogP contribution in [0, 0.1) is 13.8 Å². The minimum absolute atomic E-state index is 0.174. The number of hydrogen-bond acceptors (Lipinski definition) is 11. The summed E-state index contributed by atoms with van der Waals surface area (Å²) in [6.45, 7) is 20.9. The Morgan fingerprint density at radius 1 is 0.839 bits per heavy atom. The molecule has 0 bridgehead atoms. The van der Waals surface area contributed by atoms with Crippen LogP contribution in [0.1, 0.15) is 66.1 Å². The predicted molar refractivity (Wildman–Crippen MR) is 243 cm³/mol. The minimum atomic E-state index is -0.370. The molecule has 14 heteroatoms. The van der Waals surface area contributed by atoms with Gasteiger partial charge in [-0.1, -0.05) is 18.7 Å². The lowest BCUT2D eigenvalue weighted by Gasteiger charge is -2.30. The Bertz CT molecular complexity index is 2370. The van der Waals surface area contributed by atoms with Crippen LogP contribution in [0.15, 0.2) is 49.1 Å². The zero-order chi connectivity index (χ0) is 40.3. The highest BCUT2D eigenvalue weighted by Crippen LogP contribution is 2.47. The number of nitrogens with one attached hydrogen (secondary N) is 1. The van der Waals surface area contributed by atoms with Crippen molar-refractivity contribution in [3.8, 4) is 21.1 Å². The number of amides is 1. The van der Waals surface area contributed by atoms with Crippen molar-refractivity contribution in [3.05, 3.63) is 81.1 Å². The number of carbonyl (C=O) groups is 2. The average molecular weight is 868 g/mol. The Labute approximate surface area is 355 Å². The van der Waals surface area contributed by atoms with E-state index >= 15 is 0 Å². The molecule has 2 aliphatic rings. The summed E-state index contributed by atoms with van der Waals surface area (Å²) in [5, 5.41) is 6.55. The summed E-state index contributed by atoms with van der Waals surface area (Å²) in [6.07, 6.45) is 3.65. The van der Waals surface area contributed by atoms with E-state index in [-0.39, 0.29) is 17.6 Å². The number of nitrogens with zero attached hydrogens (tertiary/aromatic N) is 4. The van der Waals surface area contributed by atoms with E-state index in [1.165, 1.54) is 53.0 Å². The molecule has 6 aromatic rings. The zero-order valence-electron chi connectivity index (χ0n) is 32.6. The molecule has 0 radical (unpaired) electrons. The molecule has 0 unspecified atom stereocenters. The van der Waals surface area contributed by atoms with Gasteiger partial charge in [-0.25, -0.2) is 9.97 Å². The second-order valence-corrected chi connectivity index (χ2v) is 19.7. The van der Waals surface area contributed by atoms with Gasteiger partial charge in [0.15, 0.2) is 0 Å². The number of anilines is 2. The molecule has 2 aromatic carbocycles. The van der Waals surface area contributed by atoms with Crippen LogP contribution in [0.2, 0.25) is 0 Å². The molecular weight excluding hydrogens is 820 g/mol. The third-order valence-electron chi connectivity index (χ3n) is 9.89. The van der Waals surface area contributed by atoms with Crippen LogP contribution in [-0.4, -0.2) is 62.0 Å². The van der Waals surface area contributed by atoms with Crippen molar-refractivity contribution < 1.29 is 9.59 Å². The summed E-state index contributed by atoms with van der Waals surface area (Å²) in [5.74, 6) is 0.148. The molecule has 6 heterocycles. The smallest absolute Gasteiger partial charge is 0.248 e. The molecule has 3 N–H and O–H groups in total. The number of hydrogen-bond donors (Lipinski definition) is 2. The summed E-state index contributed by atoms with van der Waals surface area (Å²) in [5.41, 5.74) is 16.0. The van der Waals surface area contributed by atoms with Crippen LogP contribution >= 0.6 is 68.5 Å². The van der Waals surface area contributed by atoms with E-state index < -0.39 is 0 Å². The van der Waals surface area contributed by atoms with E-state index in [0.29, 0.717) is 18.0 Å². The van der Waals surface area contributed by atoms with Crippen LogP contribution in [-0.2, 0) is 35.5 Å². The number of carbonyl (C=O) groups excluding carboxylic acids is 2. The van der Waals surface area contributed by atoms with Gasteiger partial charge in [0, 0.05) is 71.4 Å². The minimum Gasteiger partial charge on any atom is -0.390 e. The number of fused-ring (bicyclic) bond motifs is 4. The number of alkyl halides is 1. The summed E-state index contributed by atoms with van der Waals surface area (Å²) < 4.78 is 2.42. The van der Waals surface area contributed by atoms with Crippen molar-refractivity contribution >= 4 is 110 Å². The Morgan fingerprint density at radius 2 is 1.34 bits per heavy atom. The highest BCUT2D eigenvalue weighted by atomic mass is 35.5. The number of aromatic nitrogens is 2. The van der Waals surface area contributed by atoms with Crippen LogP contribution in [0.4, 0.5) is 10.0 Å². The standard InChI is InChI=1S/C21H23N3OS2.C18H21N3S2.C3H4Cl2O/c1-5-18(25)23-21-19(14-8-9-24(12(2)3)11-17(14)27-21)20-22-15-10-13(4)6-7-16(15)26-20;1-10(2)21-7-6-12-15(9-21)22-17(19)16(12)18-20-13-8-11(3)4-5-14(13)23-18;4-2-1-3(5)6/h5-7,10,12H,1,8-9,11H2,2-4H3,(H,23,25);4-5,8,10H,6-7,9,19H2,1-3H3;1-2H2. The maximum absolute atomic E-state index is 12.0. The first-order chi connectivity index (χ1) is 26.8. The molecule has 56 heavy (non-hydrogen) atoms. The normalized spacial score (nSPS) is 14.2. The van der Waals surface area contributed by atoms with Gasteiger partial charge in [-0.2, -0.15) is 0 Å². The third-order valence-corrected chi connectivity index (χ3v) is 14.6. The van der Waals surface area contributed by atoms with Gasteiger partial charge >= 0.3 is 0 Å². The lowest BCUT2D eigenvalue weighted by Crippen LogP contribution is -2.35. The van der Waals surface area contributed by atoms with Crippen molar-refractivity contribution in [2.45, 2.75) is 86.0 Å². The molecule has 8 rings (SSSR count). The summed E-state index contributed by atoms with van der Waals surface area (Å²) in [6, 6.07) is 13.9. The number of benzene rings is 2. The molecule has 8 nitrogen and oxygen atoms in total. The summed E-state index contributed by atoms with van der Waals surface area (Å²) >= 11 is 16.8. The lowest BCUT2D eigenvalue weighted by molar-refractivity contribution is -0.112. The molecule has 296 valence electrons. The van der Waals surface area contributed by atoms with Crippen molar-refractivity contribution in [2.24, 2.45) is 0 Å². The van der Waals surface area contributed by atoms with Gasteiger partial charge in [0.25, 0.3) is 0 Å². The maximum Gasteiger partial charge on any atom is 0.248 e. The number of thiophene rings is 2. The quantitative estimate of drug-likeness (QED) is 0.0892. The fourth-order valence-corrected chi connectivity index (χ4v) is 11.8. The first kappa shape index (κ1) is 42.4. The van der Waals surface area contributed by atoms with E-state index in [1.807, 2.05) is 0 Å². The molecule has 4 aromatic heterocycles. The molecule has 0 spiro atoms. The molecule has 1 amide bonds. The van der Waals surface area contributed by atoms with E-state index in [9.17, 15) is 9.59 Å². The van der Waals surface area contributed by atoms with Crippen molar-refractivity contribution in [1.82, 2.24) is 19.8 Å². The predicted octanol–water partition coefficient (Wildman–Crippen LogP) is 11.3. The van der Waals surface area contributed by atoms with Crippen molar-refractivity contribution in [2.75, 3.05) is 30.0 Å². The number of thiazole rings is 2. The second-order valence-electron chi connectivity index (χ2n) is 14.5. The third kappa shape index (κ3) is 9.73. The van der Waals surface area contributed by atoms with E-state index in [1.54, 1.807) is 45.3 Å². The van der Waals surface area contributed by atoms with Gasteiger partial charge in [-0.3, -0.25) is 19.4 Å². The van der Waals surface area contributed by atoms with Gasteiger partial charge in [0.05, 0.1) is 25.4 Å². The van der Waals surface area contributed by atoms with Crippen LogP contribution in [0.25, 0.3) is 41.6 Å².